The van der Waals surface area contributed by atoms with Gasteiger partial charge in [0.25, 0.3) is 0 Å². The first-order valence-electron chi connectivity index (χ1n) is 15.3. The standard InChI is InChI=1S/C32H41ClN4O4S.ClH/c1-32(2,3)41-31(40)37-15-13-35(14-16-37)11-12-36-18-21-17-34-29(30(38)39)42-28(21)27-23(19-36)26-22(9-10-24(26)33)25(27)20-7-5-4-6-8-20;/h9-10,19-20,26H,4-8,11-18H2,1-3H3,(H,38,39);1H. The summed E-state index contributed by atoms with van der Waals surface area (Å²) < 4.78 is 5.56. The lowest BCUT2D eigenvalue weighted by Crippen LogP contribution is -2.51. The van der Waals surface area contributed by atoms with E-state index in [-0.39, 0.29) is 29.5 Å². The molecule has 3 aliphatic carbocycles. The summed E-state index contributed by atoms with van der Waals surface area (Å²) in [6.45, 7) is 11.4. The molecule has 234 valence electrons. The highest BCUT2D eigenvalue weighted by Gasteiger charge is 2.44. The van der Waals surface area contributed by atoms with E-state index in [1.54, 1.807) is 4.90 Å². The second-order valence-electron chi connectivity index (χ2n) is 13.1. The molecule has 0 radical (unpaired) electrons. The molecule has 0 aromatic rings. The third-order valence-corrected chi connectivity index (χ3v) is 10.5. The van der Waals surface area contributed by atoms with Gasteiger partial charge in [0.1, 0.15) is 5.60 Å². The van der Waals surface area contributed by atoms with E-state index in [0.717, 1.165) is 36.1 Å². The Labute approximate surface area is 270 Å². The molecule has 1 saturated carbocycles. The second kappa shape index (κ2) is 13.0. The van der Waals surface area contributed by atoms with Crippen LogP contribution in [-0.4, -0.2) is 94.9 Å². The number of allylic oxidation sites excluding steroid dienone is 7. The number of carbonyl (C=O) groups excluding carboxylic acids is 1. The molecule has 1 saturated heterocycles. The predicted molar refractivity (Wildman–Crippen MR) is 175 cm³/mol. The number of ether oxygens (including phenoxy) is 1. The van der Waals surface area contributed by atoms with Crippen LogP contribution >= 0.6 is 35.8 Å². The molecular weight excluding hydrogens is 607 g/mol. The maximum absolute atomic E-state index is 12.5. The van der Waals surface area contributed by atoms with Crippen LogP contribution in [0.15, 0.2) is 61.1 Å². The Kier molecular flexibility index (Phi) is 9.76. The summed E-state index contributed by atoms with van der Waals surface area (Å²) in [6.07, 6.45) is 12.4. The SMILES string of the molecule is CC(C)(C)OC(=O)N1CCN(CCN2C=C3C(=C(C4CCCCC4)C4=CC=C(Cl)C34)C3=C(CN=C(C(=O)O)S3)C2)CC1.Cl. The number of aliphatic carboxylic acids is 1. The zero-order chi connectivity index (χ0) is 29.6. The Morgan fingerprint density at radius 2 is 1.79 bits per heavy atom. The molecule has 0 spiro atoms. The summed E-state index contributed by atoms with van der Waals surface area (Å²) in [5.74, 6) is -0.462. The van der Waals surface area contributed by atoms with Crippen LogP contribution in [0.3, 0.4) is 0 Å². The van der Waals surface area contributed by atoms with Crippen LogP contribution < -0.4 is 0 Å². The van der Waals surface area contributed by atoms with Crippen molar-refractivity contribution in [3.05, 3.63) is 56.2 Å². The van der Waals surface area contributed by atoms with Crippen LogP contribution in [0.5, 0.6) is 0 Å². The van der Waals surface area contributed by atoms with E-state index < -0.39 is 11.6 Å². The molecule has 1 N–H and O–H groups in total. The van der Waals surface area contributed by atoms with Crippen molar-refractivity contribution >= 4 is 52.9 Å². The molecule has 2 fully saturated rings. The van der Waals surface area contributed by atoms with Gasteiger partial charge in [-0.3, -0.25) is 9.89 Å². The Bertz CT molecular complexity index is 1340. The van der Waals surface area contributed by atoms with Gasteiger partial charge in [0.2, 0.25) is 0 Å². The van der Waals surface area contributed by atoms with Crippen molar-refractivity contribution in [2.24, 2.45) is 16.8 Å². The molecule has 1 amide bonds. The number of hydrogen-bond donors (Lipinski definition) is 1. The van der Waals surface area contributed by atoms with Crippen molar-refractivity contribution in [2.45, 2.75) is 58.5 Å². The summed E-state index contributed by atoms with van der Waals surface area (Å²) >= 11 is 8.23. The number of piperazine rings is 1. The first kappa shape index (κ1) is 32.2. The van der Waals surface area contributed by atoms with Gasteiger partial charge in [0.15, 0.2) is 5.04 Å². The fourth-order valence-electron chi connectivity index (χ4n) is 7.02. The van der Waals surface area contributed by atoms with Crippen LogP contribution in [0.1, 0.15) is 52.9 Å². The van der Waals surface area contributed by atoms with E-state index in [4.69, 9.17) is 16.3 Å². The first-order chi connectivity index (χ1) is 20.1. The fraction of sp³-hybridized carbons (Fsp3) is 0.594. The van der Waals surface area contributed by atoms with Crippen molar-refractivity contribution in [3.63, 3.8) is 0 Å². The molecule has 43 heavy (non-hydrogen) atoms. The van der Waals surface area contributed by atoms with E-state index in [0.29, 0.717) is 32.1 Å². The van der Waals surface area contributed by atoms with E-state index in [1.165, 1.54) is 71.7 Å². The molecule has 6 rings (SSSR count). The van der Waals surface area contributed by atoms with Gasteiger partial charge in [-0.25, -0.2) is 9.59 Å². The minimum Gasteiger partial charge on any atom is -0.476 e. The number of rotatable bonds is 5. The highest BCUT2D eigenvalue weighted by molar-refractivity contribution is 8.19. The molecule has 3 heterocycles. The second-order valence-corrected chi connectivity index (χ2v) is 14.5. The van der Waals surface area contributed by atoms with Crippen molar-refractivity contribution in [1.82, 2.24) is 14.7 Å². The lowest BCUT2D eigenvalue weighted by molar-refractivity contribution is -0.129. The zero-order valence-electron chi connectivity index (χ0n) is 25.2. The van der Waals surface area contributed by atoms with Gasteiger partial charge in [-0.1, -0.05) is 48.7 Å². The van der Waals surface area contributed by atoms with Gasteiger partial charge < -0.3 is 19.6 Å². The average molecular weight is 650 g/mol. The van der Waals surface area contributed by atoms with Crippen LogP contribution in [0.25, 0.3) is 0 Å². The smallest absolute Gasteiger partial charge is 0.410 e. The van der Waals surface area contributed by atoms with Crippen LogP contribution in [0.4, 0.5) is 4.79 Å². The van der Waals surface area contributed by atoms with Crippen molar-refractivity contribution in [2.75, 3.05) is 52.4 Å². The largest absolute Gasteiger partial charge is 0.476 e. The summed E-state index contributed by atoms with van der Waals surface area (Å²) in [4.78, 5) is 36.7. The van der Waals surface area contributed by atoms with Crippen molar-refractivity contribution in [3.8, 4) is 0 Å². The fourth-order valence-corrected chi connectivity index (χ4v) is 8.33. The number of carboxylic acids is 1. The molecule has 3 aliphatic heterocycles. The summed E-state index contributed by atoms with van der Waals surface area (Å²) in [5, 5.41) is 10.9. The van der Waals surface area contributed by atoms with E-state index in [2.05, 4.69) is 33.1 Å². The maximum Gasteiger partial charge on any atom is 0.410 e. The molecule has 8 nitrogen and oxygen atoms in total. The van der Waals surface area contributed by atoms with Gasteiger partial charge >= 0.3 is 12.1 Å². The zero-order valence-corrected chi connectivity index (χ0v) is 27.6. The number of hydrogen-bond acceptors (Lipinski definition) is 7. The Balaban J connectivity index is 0.00000368. The number of nitrogens with zero attached hydrogens (tertiary/aromatic N) is 4. The van der Waals surface area contributed by atoms with Gasteiger partial charge in [-0.2, -0.15) is 0 Å². The van der Waals surface area contributed by atoms with E-state index in [1.807, 2.05) is 20.8 Å². The quantitative estimate of drug-likeness (QED) is 0.379. The van der Waals surface area contributed by atoms with Crippen LogP contribution in [-0.2, 0) is 9.53 Å². The normalized spacial score (nSPS) is 24.7. The number of carboxylic acid groups (broad SMARTS) is 1. The number of thioether (sulfide) groups is 1. The van der Waals surface area contributed by atoms with Crippen molar-refractivity contribution < 1.29 is 19.4 Å². The van der Waals surface area contributed by atoms with Gasteiger partial charge in [-0.15, -0.1) is 12.4 Å². The van der Waals surface area contributed by atoms with Crippen molar-refractivity contribution in [1.29, 1.82) is 0 Å². The molecule has 6 aliphatic rings. The topological polar surface area (TPSA) is 85.7 Å². The molecule has 0 aromatic heterocycles. The average Bonchev–Trinajstić information content (AvgIpc) is 3.43. The monoisotopic (exact) mass is 648 g/mol. The number of fused-ring (bicyclic) bond motifs is 4. The minimum atomic E-state index is -0.959. The van der Waals surface area contributed by atoms with E-state index in [9.17, 15) is 14.7 Å². The maximum atomic E-state index is 12.5. The predicted octanol–water partition coefficient (Wildman–Crippen LogP) is 6.21. The van der Waals surface area contributed by atoms with Gasteiger partial charge in [0.05, 0.1) is 6.54 Å². The lowest BCUT2D eigenvalue weighted by Gasteiger charge is -2.36. The minimum absolute atomic E-state index is 0. The Morgan fingerprint density at radius 1 is 1.07 bits per heavy atom. The Morgan fingerprint density at radius 3 is 2.47 bits per heavy atom. The third-order valence-electron chi connectivity index (χ3n) is 8.99. The van der Waals surface area contributed by atoms with Gasteiger partial charge in [0, 0.05) is 67.9 Å². The van der Waals surface area contributed by atoms with E-state index >= 15 is 0 Å². The van der Waals surface area contributed by atoms with Gasteiger partial charge in [-0.05, 0) is 73.5 Å². The van der Waals surface area contributed by atoms with Crippen LogP contribution in [0.2, 0.25) is 0 Å². The molecular formula is C32H42Cl2N4O4S. The Hall–Kier alpha value is -2.20. The first-order valence-corrected chi connectivity index (χ1v) is 16.4. The highest BCUT2D eigenvalue weighted by atomic mass is 35.5. The summed E-state index contributed by atoms with van der Waals surface area (Å²) in [5.41, 5.74) is 5.83. The van der Waals surface area contributed by atoms with Crippen LogP contribution in [0, 0.1) is 11.8 Å². The lowest BCUT2D eigenvalue weighted by atomic mass is 9.80. The molecule has 0 bridgehead atoms. The molecule has 0 aromatic carbocycles. The number of carbonyl (C=O) groups is 2. The number of halogens is 2. The molecule has 11 heteroatoms. The molecule has 1 atom stereocenters. The highest BCUT2D eigenvalue weighted by Crippen LogP contribution is 2.58. The third kappa shape index (κ3) is 6.75. The summed E-state index contributed by atoms with van der Waals surface area (Å²) in [7, 11) is 0. The number of amides is 1. The number of aliphatic imine (C=N–C) groups is 1. The molecule has 1 unspecified atom stereocenters. The summed E-state index contributed by atoms with van der Waals surface area (Å²) in [6, 6.07) is 0.